The molecule has 1 aliphatic rings. The van der Waals surface area contributed by atoms with Crippen molar-refractivity contribution in [2.45, 2.75) is 25.3 Å². The average Bonchev–Trinajstić information content (AvgIpc) is 3.13. The molecular formula is C13H13FN2O. The number of carbonyl (C=O) groups is 1. The largest absolute Gasteiger partial charge is 0.326 e. The highest BCUT2D eigenvalue weighted by Crippen LogP contribution is 2.27. The molecule has 1 aliphatic carbocycles. The van der Waals surface area contributed by atoms with Gasteiger partial charge in [0.05, 0.1) is 12.5 Å². The van der Waals surface area contributed by atoms with Crippen LogP contribution < -0.4 is 0 Å². The summed E-state index contributed by atoms with van der Waals surface area (Å²) in [6.07, 6.45) is 1.93. The predicted octanol–water partition coefficient (Wildman–Crippen LogP) is 1.88. The SMILES string of the molecule is N#CCN(C(=O)Cc1ccccc1F)C1CC1. The summed E-state index contributed by atoms with van der Waals surface area (Å²) < 4.78 is 13.4. The molecule has 1 amide bonds. The van der Waals surface area contributed by atoms with Gasteiger partial charge in [0.15, 0.2) is 0 Å². The Morgan fingerprint density at radius 3 is 2.76 bits per heavy atom. The van der Waals surface area contributed by atoms with Crippen molar-refractivity contribution in [3.63, 3.8) is 0 Å². The van der Waals surface area contributed by atoms with Gasteiger partial charge in [-0.2, -0.15) is 5.26 Å². The molecule has 0 aromatic heterocycles. The molecule has 2 rings (SSSR count). The average molecular weight is 232 g/mol. The summed E-state index contributed by atoms with van der Waals surface area (Å²) in [5.41, 5.74) is 0.390. The molecule has 88 valence electrons. The molecule has 17 heavy (non-hydrogen) atoms. The summed E-state index contributed by atoms with van der Waals surface area (Å²) in [4.78, 5) is 13.5. The first-order valence-electron chi connectivity index (χ1n) is 5.62. The number of hydrogen-bond donors (Lipinski definition) is 0. The van der Waals surface area contributed by atoms with Crippen molar-refractivity contribution in [2.75, 3.05) is 6.54 Å². The fourth-order valence-electron chi connectivity index (χ4n) is 1.79. The number of halogens is 1. The lowest BCUT2D eigenvalue weighted by molar-refractivity contribution is -0.130. The Morgan fingerprint density at radius 1 is 1.47 bits per heavy atom. The van der Waals surface area contributed by atoms with E-state index >= 15 is 0 Å². The first-order chi connectivity index (χ1) is 8.22. The van der Waals surface area contributed by atoms with E-state index < -0.39 is 0 Å². The third-order valence-corrected chi connectivity index (χ3v) is 2.85. The van der Waals surface area contributed by atoms with E-state index in [1.165, 1.54) is 6.07 Å². The molecule has 0 N–H and O–H groups in total. The quantitative estimate of drug-likeness (QED) is 0.744. The van der Waals surface area contributed by atoms with Gasteiger partial charge in [0.25, 0.3) is 0 Å². The highest BCUT2D eigenvalue weighted by Gasteiger charge is 2.32. The number of hydrogen-bond acceptors (Lipinski definition) is 2. The monoisotopic (exact) mass is 232 g/mol. The number of nitrogens with zero attached hydrogens (tertiary/aromatic N) is 2. The zero-order chi connectivity index (χ0) is 12.3. The lowest BCUT2D eigenvalue weighted by Crippen LogP contribution is -2.34. The molecule has 4 heteroatoms. The normalized spacial score (nSPS) is 14.1. The van der Waals surface area contributed by atoms with Crippen LogP contribution in [0.25, 0.3) is 0 Å². The van der Waals surface area contributed by atoms with E-state index in [0.29, 0.717) is 5.56 Å². The standard InChI is InChI=1S/C13H13FN2O/c14-12-4-2-1-3-10(12)9-13(17)16(8-7-15)11-5-6-11/h1-4,11H,5-6,8-9H2. The Bertz CT molecular complexity index is 463. The van der Waals surface area contributed by atoms with Crippen LogP contribution in [0.5, 0.6) is 0 Å². The molecule has 0 aliphatic heterocycles. The molecule has 0 unspecified atom stereocenters. The van der Waals surface area contributed by atoms with Gasteiger partial charge in [-0.25, -0.2) is 4.39 Å². The molecular weight excluding hydrogens is 219 g/mol. The molecule has 0 radical (unpaired) electrons. The molecule has 1 aromatic rings. The minimum atomic E-state index is -0.367. The van der Waals surface area contributed by atoms with Crippen LogP contribution in [0, 0.1) is 17.1 Å². The van der Waals surface area contributed by atoms with E-state index in [1.807, 2.05) is 6.07 Å². The first kappa shape index (κ1) is 11.6. The van der Waals surface area contributed by atoms with E-state index in [2.05, 4.69) is 0 Å². The zero-order valence-electron chi connectivity index (χ0n) is 9.40. The van der Waals surface area contributed by atoms with Gasteiger partial charge in [0.1, 0.15) is 12.4 Å². The molecule has 1 aromatic carbocycles. The van der Waals surface area contributed by atoms with Gasteiger partial charge < -0.3 is 4.90 Å². The Balaban J connectivity index is 2.05. The molecule has 0 bridgehead atoms. The summed E-state index contributed by atoms with van der Waals surface area (Å²) in [6, 6.07) is 8.41. The third kappa shape index (κ3) is 2.82. The molecule has 0 heterocycles. The fourth-order valence-corrected chi connectivity index (χ4v) is 1.79. The summed E-state index contributed by atoms with van der Waals surface area (Å²) in [5.74, 6) is -0.535. The van der Waals surface area contributed by atoms with Gasteiger partial charge in [0, 0.05) is 6.04 Å². The lowest BCUT2D eigenvalue weighted by Gasteiger charge is -2.18. The number of nitriles is 1. The van der Waals surface area contributed by atoms with Crippen molar-refractivity contribution in [1.82, 2.24) is 4.90 Å². The lowest BCUT2D eigenvalue weighted by atomic mass is 10.1. The molecule has 1 saturated carbocycles. The van der Waals surface area contributed by atoms with Gasteiger partial charge in [-0.1, -0.05) is 18.2 Å². The van der Waals surface area contributed by atoms with Crippen LogP contribution >= 0.6 is 0 Å². The van der Waals surface area contributed by atoms with Crippen molar-refractivity contribution < 1.29 is 9.18 Å². The van der Waals surface area contributed by atoms with E-state index in [9.17, 15) is 9.18 Å². The second-order valence-electron chi connectivity index (χ2n) is 4.18. The maximum atomic E-state index is 13.4. The molecule has 0 atom stereocenters. The van der Waals surface area contributed by atoms with E-state index in [0.717, 1.165) is 12.8 Å². The second kappa shape index (κ2) is 4.96. The van der Waals surface area contributed by atoms with E-state index in [1.54, 1.807) is 23.1 Å². The Hall–Kier alpha value is -1.89. The van der Waals surface area contributed by atoms with Gasteiger partial charge >= 0.3 is 0 Å². The molecule has 0 saturated heterocycles. The van der Waals surface area contributed by atoms with Crippen molar-refractivity contribution in [2.24, 2.45) is 0 Å². The van der Waals surface area contributed by atoms with Crippen LogP contribution in [0.4, 0.5) is 4.39 Å². The van der Waals surface area contributed by atoms with Gasteiger partial charge in [0.2, 0.25) is 5.91 Å². The van der Waals surface area contributed by atoms with Crippen LogP contribution in [0.3, 0.4) is 0 Å². The van der Waals surface area contributed by atoms with E-state index in [4.69, 9.17) is 5.26 Å². The Morgan fingerprint density at radius 2 is 2.18 bits per heavy atom. The van der Waals surface area contributed by atoms with Crippen molar-refractivity contribution in [3.8, 4) is 6.07 Å². The van der Waals surface area contributed by atoms with Crippen molar-refractivity contribution >= 4 is 5.91 Å². The maximum absolute atomic E-state index is 13.4. The van der Waals surface area contributed by atoms with Crippen molar-refractivity contribution in [3.05, 3.63) is 35.6 Å². The third-order valence-electron chi connectivity index (χ3n) is 2.85. The summed E-state index contributed by atoms with van der Waals surface area (Å²) in [5, 5.41) is 8.66. The van der Waals surface area contributed by atoms with Crippen LogP contribution in [0.15, 0.2) is 24.3 Å². The van der Waals surface area contributed by atoms with Crippen LogP contribution in [-0.2, 0) is 11.2 Å². The Labute approximate surface area is 99.5 Å². The molecule has 3 nitrogen and oxygen atoms in total. The summed E-state index contributed by atoms with van der Waals surface area (Å²) >= 11 is 0. The smallest absolute Gasteiger partial charge is 0.228 e. The Kier molecular flexibility index (Phi) is 3.38. The highest BCUT2D eigenvalue weighted by molar-refractivity contribution is 5.79. The predicted molar refractivity (Wildman–Crippen MR) is 60.5 cm³/mol. The first-order valence-corrected chi connectivity index (χ1v) is 5.62. The van der Waals surface area contributed by atoms with Crippen LogP contribution in [0.2, 0.25) is 0 Å². The minimum absolute atomic E-state index is 0.0326. The number of amides is 1. The van der Waals surface area contributed by atoms with Crippen LogP contribution in [-0.4, -0.2) is 23.4 Å². The second-order valence-corrected chi connectivity index (χ2v) is 4.18. The molecule has 0 spiro atoms. The summed E-state index contributed by atoms with van der Waals surface area (Å²) in [6.45, 7) is 0.0952. The van der Waals surface area contributed by atoms with Crippen molar-refractivity contribution in [1.29, 1.82) is 5.26 Å². The van der Waals surface area contributed by atoms with E-state index in [-0.39, 0.29) is 30.7 Å². The maximum Gasteiger partial charge on any atom is 0.228 e. The van der Waals surface area contributed by atoms with Gasteiger partial charge in [-0.05, 0) is 24.5 Å². The van der Waals surface area contributed by atoms with Gasteiger partial charge in [-0.3, -0.25) is 4.79 Å². The number of rotatable bonds is 4. The number of benzene rings is 1. The fraction of sp³-hybridized carbons (Fsp3) is 0.385. The summed E-state index contributed by atoms with van der Waals surface area (Å²) in [7, 11) is 0. The number of carbonyl (C=O) groups excluding carboxylic acids is 1. The molecule has 1 fully saturated rings. The minimum Gasteiger partial charge on any atom is -0.326 e. The van der Waals surface area contributed by atoms with Gasteiger partial charge in [-0.15, -0.1) is 0 Å². The topological polar surface area (TPSA) is 44.1 Å². The zero-order valence-corrected chi connectivity index (χ0v) is 9.40. The van der Waals surface area contributed by atoms with Crippen LogP contribution in [0.1, 0.15) is 18.4 Å². The highest BCUT2D eigenvalue weighted by atomic mass is 19.1.